The molecule has 4 heteroatoms. The lowest BCUT2D eigenvalue weighted by Crippen LogP contribution is -2.22. The zero-order valence-electron chi connectivity index (χ0n) is 7.53. The maximum absolute atomic E-state index is 9.00. The minimum atomic E-state index is -0.833. The summed E-state index contributed by atoms with van der Waals surface area (Å²) in [5.74, 6) is -0.833. The van der Waals surface area contributed by atoms with Crippen LogP contribution in [0.4, 0.5) is 0 Å². The van der Waals surface area contributed by atoms with Crippen LogP contribution in [0.15, 0.2) is 0 Å². The summed E-state index contributed by atoms with van der Waals surface area (Å²) >= 11 is 0. The van der Waals surface area contributed by atoms with Gasteiger partial charge in [-0.05, 0) is 21.0 Å². The van der Waals surface area contributed by atoms with E-state index in [4.69, 9.17) is 15.0 Å². The Kier molecular flexibility index (Phi) is 8.87. The van der Waals surface area contributed by atoms with Gasteiger partial charge >= 0.3 is 0 Å². The van der Waals surface area contributed by atoms with Crippen LogP contribution in [-0.4, -0.2) is 47.8 Å². The van der Waals surface area contributed by atoms with E-state index in [2.05, 4.69) is 0 Å². The normalized spacial score (nSPS) is 11.8. The molecule has 68 valence electrons. The molecule has 0 radical (unpaired) electrons. The molecule has 0 aliphatic rings. The Labute approximate surface area is 67.4 Å². The first-order valence-corrected chi connectivity index (χ1v) is 3.38. The second kappa shape index (κ2) is 7.50. The molecule has 0 amide bonds. The van der Waals surface area contributed by atoms with Crippen molar-refractivity contribution in [1.29, 1.82) is 0 Å². The van der Waals surface area contributed by atoms with Crippen LogP contribution in [-0.2, 0) is 4.79 Å². The van der Waals surface area contributed by atoms with Gasteiger partial charge in [-0.25, -0.2) is 0 Å². The maximum atomic E-state index is 9.00. The van der Waals surface area contributed by atoms with E-state index < -0.39 is 5.97 Å². The van der Waals surface area contributed by atoms with Gasteiger partial charge in [0.25, 0.3) is 5.97 Å². The summed E-state index contributed by atoms with van der Waals surface area (Å²) in [5.41, 5.74) is 0. The van der Waals surface area contributed by atoms with Gasteiger partial charge in [-0.3, -0.25) is 4.79 Å². The summed E-state index contributed by atoms with van der Waals surface area (Å²) < 4.78 is 0. The van der Waals surface area contributed by atoms with Gasteiger partial charge in [0.15, 0.2) is 0 Å². The van der Waals surface area contributed by atoms with Gasteiger partial charge in [0.1, 0.15) is 0 Å². The lowest BCUT2D eigenvalue weighted by Gasteiger charge is -2.10. The molecular weight excluding hydrogens is 146 g/mol. The Bertz CT molecular complexity index is 91.9. The fraction of sp³-hybridized carbons (Fsp3) is 0.857. The Morgan fingerprint density at radius 3 is 1.82 bits per heavy atom. The highest BCUT2D eigenvalue weighted by Crippen LogP contribution is 1.80. The van der Waals surface area contributed by atoms with Gasteiger partial charge in [-0.2, -0.15) is 0 Å². The van der Waals surface area contributed by atoms with Gasteiger partial charge in [0, 0.05) is 13.5 Å². The molecule has 0 aliphatic carbocycles. The van der Waals surface area contributed by atoms with Crippen LogP contribution < -0.4 is 0 Å². The van der Waals surface area contributed by atoms with Gasteiger partial charge in [0.2, 0.25) is 0 Å². The standard InChI is InChI=1S/C5H13NO.C2H4O2/c1-5(7)4-6(2)3;1-2(3)4/h5,7H,4H2,1-3H3;1H3,(H,3,4). The number of aliphatic carboxylic acids is 1. The van der Waals surface area contributed by atoms with Crippen molar-refractivity contribution >= 4 is 5.97 Å². The average molecular weight is 163 g/mol. The molecule has 0 aromatic heterocycles. The summed E-state index contributed by atoms with van der Waals surface area (Å²) in [4.78, 5) is 10.9. The zero-order chi connectivity index (χ0) is 9.44. The number of aliphatic hydroxyl groups excluding tert-OH is 1. The van der Waals surface area contributed by atoms with Crippen LogP contribution in [0.5, 0.6) is 0 Å². The van der Waals surface area contributed by atoms with Crippen molar-refractivity contribution in [2.45, 2.75) is 20.0 Å². The molecule has 0 saturated carbocycles. The molecular formula is C7H17NO3. The Balaban J connectivity index is 0. The SMILES string of the molecule is CC(=O)O.CC(O)CN(C)C. The monoisotopic (exact) mass is 163 g/mol. The van der Waals surface area contributed by atoms with Crippen molar-refractivity contribution in [2.75, 3.05) is 20.6 Å². The van der Waals surface area contributed by atoms with Gasteiger partial charge in [-0.1, -0.05) is 0 Å². The molecule has 1 unspecified atom stereocenters. The van der Waals surface area contributed by atoms with E-state index in [1.54, 1.807) is 6.92 Å². The number of hydrogen-bond acceptors (Lipinski definition) is 3. The second-order valence-corrected chi connectivity index (χ2v) is 2.63. The summed E-state index contributed by atoms with van der Waals surface area (Å²) in [6.45, 7) is 3.61. The Morgan fingerprint density at radius 2 is 1.82 bits per heavy atom. The lowest BCUT2D eigenvalue weighted by atomic mass is 10.4. The molecule has 2 N–H and O–H groups in total. The third-order valence-electron chi connectivity index (χ3n) is 0.629. The highest BCUT2D eigenvalue weighted by Gasteiger charge is 1.93. The highest BCUT2D eigenvalue weighted by molar-refractivity contribution is 5.62. The third kappa shape index (κ3) is 44.6. The number of carbonyl (C=O) groups is 1. The summed E-state index contributed by atoms with van der Waals surface area (Å²) in [6, 6.07) is 0. The van der Waals surface area contributed by atoms with E-state index >= 15 is 0 Å². The van der Waals surface area contributed by atoms with Crippen molar-refractivity contribution in [1.82, 2.24) is 4.90 Å². The molecule has 0 spiro atoms. The number of carboxylic acid groups (broad SMARTS) is 1. The second-order valence-electron chi connectivity index (χ2n) is 2.63. The van der Waals surface area contributed by atoms with Crippen LogP contribution in [0.25, 0.3) is 0 Å². The largest absolute Gasteiger partial charge is 0.481 e. The molecule has 1 atom stereocenters. The van der Waals surface area contributed by atoms with E-state index in [1.165, 1.54) is 0 Å². The average Bonchev–Trinajstić information content (AvgIpc) is 1.56. The smallest absolute Gasteiger partial charge is 0.300 e. The molecule has 0 bridgehead atoms. The lowest BCUT2D eigenvalue weighted by molar-refractivity contribution is -0.134. The van der Waals surface area contributed by atoms with Crippen LogP contribution in [0, 0.1) is 0 Å². The van der Waals surface area contributed by atoms with Crippen LogP contribution in [0.1, 0.15) is 13.8 Å². The number of nitrogens with zero attached hydrogens (tertiary/aromatic N) is 1. The number of hydrogen-bond donors (Lipinski definition) is 2. The number of rotatable bonds is 2. The maximum Gasteiger partial charge on any atom is 0.300 e. The number of carboxylic acids is 1. The zero-order valence-corrected chi connectivity index (χ0v) is 7.53. The minimum Gasteiger partial charge on any atom is -0.481 e. The first-order valence-electron chi connectivity index (χ1n) is 3.38. The van der Waals surface area contributed by atoms with Crippen molar-refractivity contribution in [2.24, 2.45) is 0 Å². The quantitative estimate of drug-likeness (QED) is 0.602. The molecule has 0 aromatic carbocycles. The predicted octanol–water partition coefficient (Wildman–Crippen LogP) is 0.0197. The molecule has 0 saturated heterocycles. The van der Waals surface area contributed by atoms with Crippen molar-refractivity contribution < 1.29 is 15.0 Å². The molecule has 0 aliphatic heterocycles. The Hall–Kier alpha value is -0.610. The van der Waals surface area contributed by atoms with E-state index in [1.807, 2.05) is 19.0 Å². The first kappa shape index (κ1) is 13.0. The summed E-state index contributed by atoms with van der Waals surface area (Å²) in [5, 5.41) is 16.1. The fourth-order valence-electron chi connectivity index (χ4n) is 0.528. The molecule has 0 aromatic rings. The van der Waals surface area contributed by atoms with Gasteiger partial charge in [-0.15, -0.1) is 0 Å². The number of likely N-dealkylation sites (N-methyl/N-ethyl adjacent to an activating group) is 1. The Morgan fingerprint density at radius 1 is 1.55 bits per heavy atom. The minimum absolute atomic E-state index is 0.199. The topological polar surface area (TPSA) is 60.8 Å². The number of aliphatic hydroxyl groups is 1. The predicted molar refractivity (Wildman–Crippen MR) is 43.5 cm³/mol. The highest BCUT2D eigenvalue weighted by atomic mass is 16.4. The molecule has 0 heterocycles. The molecule has 0 fully saturated rings. The fourth-order valence-corrected chi connectivity index (χ4v) is 0.528. The van der Waals surface area contributed by atoms with Crippen LogP contribution in [0.3, 0.4) is 0 Å². The van der Waals surface area contributed by atoms with Gasteiger partial charge in [0.05, 0.1) is 6.10 Å². The van der Waals surface area contributed by atoms with Crippen molar-refractivity contribution in [3.05, 3.63) is 0 Å². The molecule has 0 rings (SSSR count). The van der Waals surface area contributed by atoms with Crippen molar-refractivity contribution in [3.63, 3.8) is 0 Å². The van der Waals surface area contributed by atoms with E-state index in [0.29, 0.717) is 0 Å². The molecule has 4 nitrogen and oxygen atoms in total. The third-order valence-corrected chi connectivity index (χ3v) is 0.629. The summed E-state index contributed by atoms with van der Waals surface area (Å²) in [6.07, 6.45) is -0.199. The molecule has 11 heavy (non-hydrogen) atoms. The van der Waals surface area contributed by atoms with Crippen molar-refractivity contribution in [3.8, 4) is 0 Å². The van der Waals surface area contributed by atoms with E-state index in [-0.39, 0.29) is 6.10 Å². The van der Waals surface area contributed by atoms with Gasteiger partial charge < -0.3 is 15.1 Å². The van der Waals surface area contributed by atoms with E-state index in [0.717, 1.165) is 13.5 Å². The van der Waals surface area contributed by atoms with Crippen LogP contribution >= 0.6 is 0 Å². The first-order chi connectivity index (χ1) is 4.86. The summed E-state index contributed by atoms with van der Waals surface area (Å²) in [7, 11) is 3.87. The van der Waals surface area contributed by atoms with Crippen LogP contribution in [0.2, 0.25) is 0 Å². The van der Waals surface area contributed by atoms with E-state index in [9.17, 15) is 0 Å².